The molecule has 4 nitrogen and oxygen atoms in total. The third-order valence-electron chi connectivity index (χ3n) is 2.15. The summed E-state index contributed by atoms with van der Waals surface area (Å²) in [6.07, 6.45) is 3.27. The van der Waals surface area contributed by atoms with E-state index in [4.69, 9.17) is 17.3 Å². The largest absolute Gasteiger partial charge is 0.352 e. The summed E-state index contributed by atoms with van der Waals surface area (Å²) in [5.74, 6) is -0.186. The number of hydrogen-bond donors (Lipinski definition) is 2. The van der Waals surface area contributed by atoms with E-state index in [2.05, 4.69) is 10.3 Å². The molecule has 0 bridgehead atoms. The highest BCUT2D eigenvalue weighted by atomic mass is 35.5. The van der Waals surface area contributed by atoms with E-state index in [1.165, 1.54) is 6.20 Å². The minimum Gasteiger partial charge on any atom is -0.352 e. The molecule has 1 rings (SSSR count). The van der Waals surface area contributed by atoms with Gasteiger partial charge in [-0.05, 0) is 32.4 Å². The lowest BCUT2D eigenvalue weighted by Crippen LogP contribution is -2.25. The molecule has 0 atom stereocenters. The predicted molar refractivity (Wildman–Crippen MR) is 64.6 cm³/mol. The Morgan fingerprint density at radius 3 is 2.94 bits per heavy atom. The quantitative estimate of drug-likeness (QED) is 0.768. The van der Waals surface area contributed by atoms with Crippen LogP contribution < -0.4 is 11.1 Å². The normalized spacial score (nSPS) is 10.2. The molecule has 0 saturated heterocycles. The summed E-state index contributed by atoms with van der Waals surface area (Å²) in [5, 5.41) is 3.21. The van der Waals surface area contributed by atoms with Crippen LogP contribution in [0.1, 0.15) is 28.9 Å². The molecule has 3 N–H and O–H groups in total. The first-order chi connectivity index (χ1) is 7.65. The lowest BCUT2D eigenvalue weighted by atomic mass is 10.2. The van der Waals surface area contributed by atoms with Gasteiger partial charge in [-0.25, -0.2) is 0 Å². The Balaban J connectivity index is 2.53. The highest BCUT2D eigenvalue weighted by Crippen LogP contribution is 2.15. The van der Waals surface area contributed by atoms with E-state index >= 15 is 0 Å². The van der Waals surface area contributed by atoms with Crippen molar-refractivity contribution < 1.29 is 4.79 Å². The summed E-state index contributed by atoms with van der Waals surface area (Å²) in [6, 6.07) is 1.68. The zero-order chi connectivity index (χ0) is 12.0. The van der Waals surface area contributed by atoms with Crippen molar-refractivity contribution in [3.05, 3.63) is 28.5 Å². The molecule has 0 fully saturated rings. The molecule has 0 aliphatic rings. The van der Waals surface area contributed by atoms with Crippen LogP contribution in [0.5, 0.6) is 0 Å². The lowest BCUT2D eigenvalue weighted by molar-refractivity contribution is 0.0953. The molecule has 0 spiro atoms. The monoisotopic (exact) mass is 241 g/mol. The van der Waals surface area contributed by atoms with Crippen LogP contribution in [0.15, 0.2) is 12.3 Å². The van der Waals surface area contributed by atoms with Crippen LogP contribution in [0.4, 0.5) is 0 Å². The third-order valence-corrected chi connectivity index (χ3v) is 2.46. The first kappa shape index (κ1) is 12.9. The van der Waals surface area contributed by atoms with E-state index in [0.717, 1.165) is 18.5 Å². The fourth-order valence-electron chi connectivity index (χ4n) is 1.26. The zero-order valence-corrected chi connectivity index (χ0v) is 10.0. The topological polar surface area (TPSA) is 68.0 Å². The second kappa shape index (κ2) is 6.45. The number of unbranched alkanes of at least 4 members (excludes halogenated alkanes) is 1. The maximum Gasteiger partial charge on any atom is 0.254 e. The molecular weight excluding hydrogens is 226 g/mol. The lowest BCUT2D eigenvalue weighted by Gasteiger charge is -2.06. The van der Waals surface area contributed by atoms with Gasteiger partial charge in [0, 0.05) is 18.4 Å². The summed E-state index contributed by atoms with van der Waals surface area (Å²) >= 11 is 5.94. The highest BCUT2D eigenvalue weighted by molar-refractivity contribution is 6.33. The number of rotatable bonds is 5. The fourth-order valence-corrected chi connectivity index (χ4v) is 1.55. The van der Waals surface area contributed by atoms with E-state index in [1.807, 2.05) is 6.92 Å². The number of nitrogens with zero attached hydrogens (tertiary/aromatic N) is 1. The number of carbonyl (C=O) groups excluding carboxylic acids is 1. The molecular formula is C11H16ClN3O. The van der Waals surface area contributed by atoms with Crippen molar-refractivity contribution in [1.82, 2.24) is 10.3 Å². The second-order valence-electron chi connectivity index (χ2n) is 3.56. The number of nitrogens with two attached hydrogens (primary N) is 1. The van der Waals surface area contributed by atoms with Crippen LogP contribution >= 0.6 is 11.6 Å². The van der Waals surface area contributed by atoms with Crippen molar-refractivity contribution in [2.24, 2.45) is 5.73 Å². The Labute approximate surface area is 100 Å². The molecule has 88 valence electrons. The molecule has 5 heteroatoms. The number of pyridine rings is 1. The van der Waals surface area contributed by atoms with Crippen LogP contribution in [0, 0.1) is 6.92 Å². The van der Waals surface area contributed by atoms with E-state index in [-0.39, 0.29) is 5.91 Å². The van der Waals surface area contributed by atoms with Crippen LogP contribution in [0.2, 0.25) is 5.02 Å². The van der Waals surface area contributed by atoms with Crippen molar-refractivity contribution in [1.29, 1.82) is 0 Å². The Bertz CT molecular complexity index is 368. The molecule has 1 heterocycles. The molecule has 0 aliphatic carbocycles. The Morgan fingerprint density at radius 2 is 2.31 bits per heavy atom. The van der Waals surface area contributed by atoms with Gasteiger partial charge < -0.3 is 11.1 Å². The highest BCUT2D eigenvalue weighted by Gasteiger charge is 2.09. The molecule has 0 saturated carbocycles. The first-order valence-electron chi connectivity index (χ1n) is 5.25. The van der Waals surface area contributed by atoms with E-state index in [9.17, 15) is 4.79 Å². The van der Waals surface area contributed by atoms with Crippen molar-refractivity contribution in [3.63, 3.8) is 0 Å². The van der Waals surface area contributed by atoms with Crippen LogP contribution in [-0.2, 0) is 0 Å². The second-order valence-corrected chi connectivity index (χ2v) is 3.96. The molecule has 1 amide bonds. The van der Waals surface area contributed by atoms with Gasteiger partial charge in [0.15, 0.2) is 0 Å². The van der Waals surface area contributed by atoms with Gasteiger partial charge in [-0.2, -0.15) is 0 Å². The SMILES string of the molecule is Cc1cc(Cl)c(C(=O)NCCCCN)cn1. The molecule has 1 aromatic heterocycles. The Hall–Kier alpha value is -1.13. The maximum atomic E-state index is 11.7. The number of aromatic nitrogens is 1. The number of nitrogens with one attached hydrogen (secondary N) is 1. The predicted octanol–water partition coefficient (Wildman–Crippen LogP) is 1.51. The first-order valence-corrected chi connectivity index (χ1v) is 5.63. The van der Waals surface area contributed by atoms with Crippen LogP contribution in [-0.4, -0.2) is 24.0 Å². The van der Waals surface area contributed by atoms with Gasteiger partial charge in [-0.15, -0.1) is 0 Å². The standard InChI is InChI=1S/C11H16ClN3O/c1-8-6-10(12)9(7-15-8)11(16)14-5-3-2-4-13/h6-7H,2-5,13H2,1H3,(H,14,16). The van der Waals surface area contributed by atoms with Crippen LogP contribution in [0.25, 0.3) is 0 Å². The van der Waals surface area contributed by atoms with Gasteiger partial charge in [0.25, 0.3) is 5.91 Å². The zero-order valence-electron chi connectivity index (χ0n) is 9.29. The number of aryl methyl sites for hydroxylation is 1. The van der Waals surface area contributed by atoms with E-state index in [1.54, 1.807) is 6.07 Å². The average Bonchev–Trinajstić information content (AvgIpc) is 2.24. The van der Waals surface area contributed by atoms with Crippen LogP contribution in [0.3, 0.4) is 0 Å². The molecule has 0 unspecified atom stereocenters. The molecule has 1 aromatic rings. The van der Waals surface area contributed by atoms with Gasteiger partial charge in [0.05, 0.1) is 10.6 Å². The summed E-state index contributed by atoms with van der Waals surface area (Å²) in [5.41, 5.74) is 6.57. The number of amides is 1. The molecule has 16 heavy (non-hydrogen) atoms. The summed E-state index contributed by atoms with van der Waals surface area (Å²) in [6.45, 7) is 3.08. The summed E-state index contributed by atoms with van der Waals surface area (Å²) < 4.78 is 0. The smallest absolute Gasteiger partial charge is 0.254 e. The van der Waals surface area contributed by atoms with Crippen molar-refractivity contribution >= 4 is 17.5 Å². The van der Waals surface area contributed by atoms with Gasteiger partial charge in [0.2, 0.25) is 0 Å². The summed E-state index contributed by atoms with van der Waals surface area (Å²) in [4.78, 5) is 15.7. The van der Waals surface area contributed by atoms with Gasteiger partial charge in [-0.3, -0.25) is 9.78 Å². The molecule has 0 aliphatic heterocycles. The molecule has 0 radical (unpaired) electrons. The van der Waals surface area contributed by atoms with E-state index in [0.29, 0.717) is 23.7 Å². The van der Waals surface area contributed by atoms with Crippen molar-refractivity contribution in [3.8, 4) is 0 Å². The molecule has 0 aromatic carbocycles. The fraction of sp³-hybridized carbons (Fsp3) is 0.455. The Morgan fingerprint density at radius 1 is 1.56 bits per heavy atom. The van der Waals surface area contributed by atoms with Crippen molar-refractivity contribution in [2.75, 3.05) is 13.1 Å². The Kier molecular flexibility index (Phi) is 5.22. The van der Waals surface area contributed by atoms with Crippen molar-refractivity contribution in [2.45, 2.75) is 19.8 Å². The number of halogens is 1. The van der Waals surface area contributed by atoms with Gasteiger partial charge >= 0.3 is 0 Å². The number of hydrogen-bond acceptors (Lipinski definition) is 3. The van der Waals surface area contributed by atoms with E-state index < -0.39 is 0 Å². The maximum absolute atomic E-state index is 11.7. The van der Waals surface area contributed by atoms with Gasteiger partial charge in [0.1, 0.15) is 0 Å². The minimum atomic E-state index is -0.186. The third kappa shape index (κ3) is 3.79. The minimum absolute atomic E-state index is 0.186. The number of carbonyl (C=O) groups is 1. The van der Waals surface area contributed by atoms with Gasteiger partial charge in [-0.1, -0.05) is 11.6 Å². The summed E-state index contributed by atoms with van der Waals surface area (Å²) in [7, 11) is 0. The average molecular weight is 242 g/mol.